The molecule has 13 rings (SSSR count). The zero-order valence-electron chi connectivity index (χ0n) is 36.7. The quantitative estimate of drug-likeness (QED) is 0.139. The molecule has 12 heteroatoms. The van der Waals surface area contributed by atoms with Gasteiger partial charge in [-0.1, -0.05) is 36.4 Å². The maximum atomic E-state index is 5.16. The van der Waals surface area contributed by atoms with Gasteiger partial charge < -0.3 is 0 Å². The van der Waals surface area contributed by atoms with Gasteiger partial charge >= 0.3 is 0 Å². The Morgan fingerprint density at radius 3 is 0.812 bits per heavy atom. The van der Waals surface area contributed by atoms with Crippen LogP contribution in [0.1, 0.15) is 0 Å². The first kappa shape index (κ1) is 39.5. The molecule has 0 N–H and O–H groups in total. The number of para-hydroxylation sites is 6. The standard InChI is InChI=1S/C57H36N12/c1-4-16-49-46(13-1)61-55(40-10-7-31-58-34-40)67(49)43-25-19-37(20-26-43)52-64-53(38-21-27-44(28-22-38)68-50-17-5-2-14-47(50)62-56(68)41-11-8-32-59-35-41)66-54(65-52)39-23-29-45(30-24-39)69-51-18-6-3-15-48(51)63-57(69)42-12-9-33-60-36-42/h1-36H. The molecule has 7 aromatic heterocycles. The van der Waals surface area contributed by atoms with Crippen molar-refractivity contribution in [3.8, 4) is 85.4 Å². The van der Waals surface area contributed by atoms with Crippen LogP contribution in [0.5, 0.6) is 0 Å². The summed E-state index contributed by atoms with van der Waals surface area (Å²) in [5, 5.41) is 0. The summed E-state index contributed by atoms with van der Waals surface area (Å²) in [6.07, 6.45) is 10.8. The lowest BCUT2D eigenvalue weighted by molar-refractivity contribution is 1.06. The maximum Gasteiger partial charge on any atom is 0.164 e. The van der Waals surface area contributed by atoms with Gasteiger partial charge in [-0.05, 0) is 146 Å². The highest BCUT2D eigenvalue weighted by molar-refractivity contribution is 5.86. The molecule has 0 atom stereocenters. The fourth-order valence-corrected chi connectivity index (χ4v) is 8.97. The number of nitrogens with zero attached hydrogens (tertiary/aromatic N) is 12. The van der Waals surface area contributed by atoms with E-state index in [-0.39, 0.29) is 0 Å². The van der Waals surface area contributed by atoms with Crippen LogP contribution < -0.4 is 0 Å². The van der Waals surface area contributed by atoms with Crippen LogP contribution in [0.25, 0.3) is 118 Å². The van der Waals surface area contributed by atoms with E-state index in [1.54, 1.807) is 18.6 Å². The Bertz CT molecular complexity index is 3550. The highest BCUT2D eigenvalue weighted by Crippen LogP contribution is 2.34. The van der Waals surface area contributed by atoms with E-state index < -0.39 is 0 Å². The van der Waals surface area contributed by atoms with E-state index in [2.05, 4.69) is 120 Å². The first-order chi connectivity index (χ1) is 34.2. The molecule has 0 radical (unpaired) electrons. The summed E-state index contributed by atoms with van der Waals surface area (Å²) < 4.78 is 6.49. The average molecular weight is 889 g/mol. The Hall–Kier alpha value is -9.81. The Kier molecular flexibility index (Phi) is 9.49. The maximum absolute atomic E-state index is 5.16. The smallest absolute Gasteiger partial charge is 0.164 e. The molecule has 0 aliphatic carbocycles. The molecule has 0 aliphatic heterocycles. The summed E-state index contributed by atoms with van der Waals surface area (Å²) in [6.45, 7) is 0. The van der Waals surface area contributed by atoms with Gasteiger partial charge in [0.15, 0.2) is 17.5 Å². The molecule has 0 saturated carbocycles. The number of fused-ring (bicyclic) bond motifs is 3. The molecule has 0 amide bonds. The van der Waals surface area contributed by atoms with Gasteiger partial charge in [0, 0.05) is 87.6 Å². The molecular formula is C57H36N12. The minimum atomic E-state index is 0.539. The first-order valence-electron chi connectivity index (χ1n) is 22.4. The lowest BCUT2D eigenvalue weighted by Gasteiger charge is -2.13. The monoisotopic (exact) mass is 888 g/mol. The van der Waals surface area contributed by atoms with Crippen LogP contribution in [-0.4, -0.2) is 58.6 Å². The number of rotatable bonds is 9. The van der Waals surface area contributed by atoms with Crippen molar-refractivity contribution in [3.05, 3.63) is 219 Å². The number of hydrogen-bond acceptors (Lipinski definition) is 9. The van der Waals surface area contributed by atoms with Crippen molar-refractivity contribution in [1.29, 1.82) is 0 Å². The summed E-state index contributed by atoms with van der Waals surface area (Å²) in [6, 6.07) is 61.2. The molecule has 12 nitrogen and oxygen atoms in total. The third kappa shape index (κ3) is 7.07. The van der Waals surface area contributed by atoms with E-state index in [0.717, 1.165) is 101 Å². The molecule has 7 heterocycles. The third-order valence-electron chi connectivity index (χ3n) is 12.2. The number of benzene rings is 6. The predicted octanol–water partition coefficient (Wildman–Crippen LogP) is 12.1. The fourth-order valence-electron chi connectivity index (χ4n) is 8.97. The third-order valence-corrected chi connectivity index (χ3v) is 12.2. The van der Waals surface area contributed by atoms with Crippen molar-refractivity contribution in [2.45, 2.75) is 0 Å². The number of imidazole rings is 3. The van der Waals surface area contributed by atoms with Gasteiger partial charge in [0.1, 0.15) is 17.5 Å². The van der Waals surface area contributed by atoms with Crippen LogP contribution >= 0.6 is 0 Å². The summed E-state index contributed by atoms with van der Waals surface area (Å²) in [5.74, 6) is 4.04. The molecule has 69 heavy (non-hydrogen) atoms. The van der Waals surface area contributed by atoms with Crippen molar-refractivity contribution in [2.75, 3.05) is 0 Å². The number of pyridine rings is 3. The predicted molar refractivity (Wildman–Crippen MR) is 270 cm³/mol. The molecule has 6 aromatic carbocycles. The van der Waals surface area contributed by atoms with Crippen LogP contribution in [0.2, 0.25) is 0 Å². The number of hydrogen-bond donors (Lipinski definition) is 0. The van der Waals surface area contributed by atoms with Crippen molar-refractivity contribution in [2.24, 2.45) is 0 Å². The molecule has 0 spiro atoms. The molecule has 13 aromatic rings. The van der Waals surface area contributed by atoms with Gasteiger partial charge in [0.05, 0.1) is 33.1 Å². The lowest BCUT2D eigenvalue weighted by atomic mass is 10.1. The summed E-state index contributed by atoms with van der Waals surface area (Å²) in [4.78, 5) is 43.7. The van der Waals surface area contributed by atoms with Crippen molar-refractivity contribution >= 4 is 33.1 Å². The van der Waals surface area contributed by atoms with Crippen molar-refractivity contribution < 1.29 is 0 Å². The van der Waals surface area contributed by atoms with Gasteiger partial charge in [-0.2, -0.15) is 0 Å². The molecule has 0 saturated heterocycles. The summed E-state index contributed by atoms with van der Waals surface area (Å²) in [5.41, 5.74) is 13.8. The SMILES string of the molecule is c1cncc(-c2nc3ccccc3n2-c2ccc(-c3nc(-c4ccc(-n5c(-c6cccnc6)nc6ccccc65)cc4)nc(-c4ccc(-n5c(-c6cccnc6)nc6ccccc65)cc4)n3)cc2)c1. The van der Waals surface area contributed by atoms with E-state index in [9.17, 15) is 0 Å². The Balaban J connectivity index is 0.924. The minimum absolute atomic E-state index is 0.539. The minimum Gasteiger partial charge on any atom is -0.292 e. The van der Waals surface area contributed by atoms with Crippen molar-refractivity contribution in [1.82, 2.24) is 58.6 Å². The Labute approximate surface area is 394 Å². The van der Waals surface area contributed by atoms with Crippen LogP contribution in [-0.2, 0) is 0 Å². The van der Waals surface area contributed by atoms with Crippen LogP contribution in [0, 0.1) is 0 Å². The van der Waals surface area contributed by atoms with Crippen LogP contribution in [0.3, 0.4) is 0 Å². The highest BCUT2D eigenvalue weighted by atomic mass is 15.1. The van der Waals surface area contributed by atoms with Crippen LogP contribution in [0.15, 0.2) is 219 Å². The Morgan fingerprint density at radius 1 is 0.246 bits per heavy atom. The van der Waals surface area contributed by atoms with Crippen molar-refractivity contribution in [3.63, 3.8) is 0 Å². The first-order valence-corrected chi connectivity index (χ1v) is 22.4. The van der Waals surface area contributed by atoms with Gasteiger partial charge in [0.25, 0.3) is 0 Å². The average Bonchev–Trinajstić information content (AvgIpc) is 4.14. The Morgan fingerprint density at radius 2 is 0.536 bits per heavy atom. The second-order valence-corrected chi connectivity index (χ2v) is 16.5. The lowest BCUT2D eigenvalue weighted by Crippen LogP contribution is -2.02. The molecule has 0 bridgehead atoms. The van der Waals surface area contributed by atoms with Gasteiger partial charge in [-0.15, -0.1) is 0 Å². The van der Waals surface area contributed by atoms with E-state index >= 15 is 0 Å². The molecule has 0 fully saturated rings. The zero-order valence-corrected chi connectivity index (χ0v) is 36.7. The second kappa shape index (κ2) is 16.6. The van der Waals surface area contributed by atoms with E-state index in [0.29, 0.717) is 17.5 Å². The fraction of sp³-hybridized carbons (Fsp3) is 0. The molecule has 0 aliphatic rings. The molecule has 324 valence electrons. The normalized spacial score (nSPS) is 11.5. The largest absolute Gasteiger partial charge is 0.292 e. The van der Waals surface area contributed by atoms with Crippen LogP contribution in [0.4, 0.5) is 0 Å². The highest BCUT2D eigenvalue weighted by Gasteiger charge is 2.20. The molecule has 0 unspecified atom stereocenters. The summed E-state index contributed by atoms with van der Waals surface area (Å²) >= 11 is 0. The van der Waals surface area contributed by atoms with Gasteiger partial charge in [-0.3, -0.25) is 28.7 Å². The van der Waals surface area contributed by atoms with E-state index in [1.165, 1.54) is 0 Å². The molecular weight excluding hydrogens is 853 g/mol. The van der Waals surface area contributed by atoms with Gasteiger partial charge in [0.2, 0.25) is 0 Å². The zero-order chi connectivity index (χ0) is 45.7. The van der Waals surface area contributed by atoms with Gasteiger partial charge in [-0.25, -0.2) is 29.9 Å². The topological polar surface area (TPSA) is 131 Å². The van der Waals surface area contributed by atoms with E-state index in [1.807, 2.05) is 110 Å². The number of aromatic nitrogens is 12. The summed E-state index contributed by atoms with van der Waals surface area (Å²) in [7, 11) is 0. The second-order valence-electron chi connectivity index (χ2n) is 16.5. The van der Waals surface area contributed by atoms with E-state index in [4.69, 9.17) is 29.9 Å².